The van der Waals surface area contributed by atoms with Gasteiger partial charge in [0, 0.05) is 25.3 Å². The van der Waals surface area contributed by atoms with Crippen molar-refractivity contribution in [1.29, 1.82) is 0 Å². The lowest BCUT2D eigenvalue weighted by Gasteiger charge is -2.37. The Kier molecular flexibility index (Phi) is 5.61. The average Bonchev–Trinajstić information content (AvgIpc) is 2.39. The van der Waals surface area contributed by atoms with Crippen LogP contribution in [0.25, 0.3) is 0 Å². The number of aromatic nitrogens is 1. The Morgan fingerprint density at radius 1 is 1.50 bits per heavy atom. The smallest absolute Gasteiger partial charge is 0.167 e. The Bertz CT molecular complexity index is 439. The van der Waals surface area contributed by atoms with Gasteiger partial charge < -0.3 is 10.2 Å². The number of hydrogen-bond acceptors (Lipinski definition) is 3. The average molecular weight is 300 g/mol. The molecule has 1 aliphatic heterocycles. The molecule has 1 aromatic heterocycles. The van der Waals surface area contributed by atoms with Gasteiger partial charge in [-0.15, -0.1) is 0 Å². The summed E-state index contributed by atoms with van der Waals surface area (Å²) in [4.78, 5) is 6.27. The van der Waals surface area contributed by atoms with Gasteiger partial charge in [0.25, 0.3) is 0 Å². The number of nitrogens with zero attached hydrogens (tertiary/aromatic N) is 2. The summed E-state index contributed by atoms with van der Waals surface area (Å²) in [6, 6.07) is 1.66. The third-order valence-corrected chi connectivity index (χ3v) is 3.83. The van der Waals surface area contributed by atoms with Crippen LogP contribution in [0, 0.1) is 11.7 Å². The Morgan fingerprint density at radius 2 is 2.30 bits per heavy atom. The van der Waals surface area contributed by atoms with E-state index in [4.69, 9.17) is 11.6 Å². The summed E-state index contributed by atoms with van der Waals surface area (Å²) in [6.07, 6.45) is 4.88. The highest BCUT2D eigenvalue weighted by molar-refractivity contribution is 6.30. The van der Waals surface area contributed by atoms with Crippen molar-refractivity contribution in [2.24, 2.45) is 5.92 Å². The fourth-order valence-corrected chi connectivity index (χ4v) is 2.79. The molecule has 0 aliphatic carbocycles. The Labute approximate surface area is 125 Å². The second-order valence-electron chi connectivity index (χ2n) is 5.85. The van der Waals surface area contributed by atoms with Crippen molar-refractivity contribution in [3.63, 3.8) is 0 Å². The zero-order valence-electron chi connectivity index (χ0n) is 12.2. The number of piperidine rings is 1. The Balaban J connectivity index is 2.06. The SMILES string of the molecule is CC(C)CNCC1CCCCN1c1ncc(Cl)cc1F. The van der Waals surface area contributed by atoms with Crippen LogP contribution in [-0.2, 0) is 0 Å². The van der Waals surface area contributed by atoms with Gasteiger partial charge in [-0.3, -0.25) is 0 Å². The minimum absolute atomic E-state index is 0.311. The van der Waals surface area contributed by atoms with Gasteiger partial charge in [0.15, 0.2) is 11.6 Å². The number of rotatable bonds is 5. The van der Waals surface area contributed by atoms with E-state index in [0.717, 1.165) is 32.5 Å². The molecule has 1 atom stereocenters. The summed E-state index contributed by atoms with van der Waals surface area (Å²) in [7, 11) is 0. The molecule has 0 bridgehead atoms. The first-order valence-electron chi connectivity index (χ1n) is 7.36. The van der Waals surface area contributed by atoms with Crippen molar-refractivity contribution < 1.29 is 4.39 Å². The van der Waals surface area contributed by atoms with Crippen LogP contribution in [0.15, 0.2) is 12.3 Å². The van der Waals surface area contributed by atoms with E-state index < -0.39 is 0 Å². The summed E-state index contributed by atoms with van der Waals surface area (Å²) in [6.45, 7) is 7.10. The van der Waals surface area contributed by atoms with Crippen LogP contribution in [0.3, 0.4) is 0 Å². The predicted molar refractivity (Wildman–Crippen MR) is 81.9 cm³/mol. The van der Waals surface area contributed by atoms with Gasteiger partial charge in [0.1, 0.15) is 0 Å². The van der Waals surface area contributed by atoms with Crippen molar-refractivity contribution in [3.8, 4) is 0 Å². The number of pyridine rings is 1. The van der Waals surface area contributed by atoms with E-state index in [1.54, 1.807) is 0 Å². The van der Waals surface area contributed by atoms with Gasteiger partial charge in [-0.1, -0.05) is 25.4 Å². The summed E-state index contributed by atoms with van der Waals surface area (Å²) >= 11 is 5.78. The zero-order chi connectivity index (χ0) is 14.5. The highest BCUT2D eigenvalue weighted by atomic mass is 35.5. The fraction of sp³-hybridized carbons (Fsp3) is 0.667. The number of nitrogens with one attached hydrogen (secondary N) is 1. The second kappa shape index (κ2) is 7.23. The molecule has 1 aliphatic rings. The quantitative estimate of drug-likeness (QED) is 0.902. The van der Waals surface area contributed by atoms with E-state index in [1.807, 2.05) is 0 Å². The molecule has 1 saturated heterocycles. The van der Waals surface area contributed by atoms with Gasteiger partial charge in [-0.05, 0) is 37.8 Å². The number of anilines is 1. The van der Waals surface area contributed by atoms with E-state index in [-0.39, 0.29) is 5.82 Å². The maximum atomic E-state index is 14.0. The van der Waals surface area contributed by atoms with Crippen molar-refractivity contribution in [3.05, 3.63) is 23.1 Å². The molecule has 20 heavy (non-hydrogen) atoms. The first kappa shape index (κ1) is 15.5. The zero-order valence-corrected chi connectivity index (χ0v) is 13.0. The number of halogens is 2. The summed E-state index contributed by atoms with van der Waals surface area (Å²) < 4.78 is 14.0. The first-order chi connectivity index (χ1) is 9.58. The summed E-state index contributed by atoms with van der Waals surface area (Å²) in [5.41, 5.74) is 0. The Morgan fingerprint density at radius 3 is 3.00 bits per heavy atom. The molecule has 2 heterocycles. The highest BCUT2D eigenvalue weighted by Gasteiger charge is 2.25. The van der Waals surface area contributed by atoms with Crippen LogP contribution >= 0.6 is 11.6 Å². The molecule has 1 fully saturated rings. The lowest BCUT2D eigenvalue weighted by Crippen LogP contribution is -2.47. The van der Waals surface area contributed by atoms with Gasteiger partial charge in [0.2, 0.25) is 0 Å². The van der Waals surface area contributed by atoms with Crippen LogP contribution in [0.5, 0.6) is 0 Å². The summed E-state index contributed by atoms with van der Waals surface area (Å²) in [5, 5.41) is 3.81. The predicted octanol–water partition coefficient (Wildman–Crippen LogP) is 3.48. The monoisotopic (exact) mass is 299 g/mol. The van der Waals surface area contributed by atoms with Crippen molar-refractivity contribution in [2.45, 2.75) is 39.2 Å². The molecule has 112 valence electrons. The molecule has 2 rings (SSSR count). The molecule has 0 amide bonds. The van der Waals surface area contributed by atoms with Gasteiger partial charge in [0.05, 0.1) is 5.02 Å². The number of hydrogen-bond donors (Lipinski definition) is 1. The van der Waals surface area contributed by atoms with Gasteiger partial charge in [-0.25, -0.2) is 9.37 Å². The maximum Gasteiger partial charge on any atom is 0.167 e. The molecule has 0 saturated carbocycles. The lowest BCUT2D eigenvalue weighted by atomic mass is 10.0. The molecule has 1 unspecified atom stereocenters. The minimum atomic E-state index is -0.326. The van der Waals surface area contributed by atoms with E-state index in [0.29, 0.717) is 22.8 Å². The largest absolute Gasteiger partial charge is 0.350 e. The van der Waals surface area contributed by atoms with Crippen LogP contribution < -0.4 is 10.2 Å². The fourth-order valence-electron chi connectivity index (χ4n) is 2.65. The molecule has 0 aromatic carbocycles. The van der Waals surface area contributed by atoms with Crippen LogP contribution in [0.2, 0.25) is 5.02 Å². The van der Waals surface area contributed by atoms with Crippen LogP contribution in [-0.4, -0.2) is 30.7 Å². The van der Waals surface area contributed by atoms with Crippen LogP contribution in [0.4, 0.5) is 10.2 Å². The van der Waals surface area contributed by atoms with Crippen molar-refractivity contribution in [1.82, 2.24) is 10.3 Å². The van der Waals surface area contributed by atoms with E-state index in [2.05, 4.69) is 29.0 Å². The maximum absolute atomic E-state index is 14.0. The van der Waals surface area contributed by atoms with Crippen molar-refractivity contribution >= 4 is 17.4 Å². The standard InChI is InChI=1S/C15H23ClFN3/c1-11(2)8-18-10-13-5-3-4-6-20(13)15-14(17)7-12(16)9-19-15/h7,9,11,13,18H,3-6,8,10H2,1-2H3. The lowest BCUT2D eigenvalue weighted by molar-refractivity contribution is 0.415. The van der Waals surface area contributed by atoms with E-state index in [1.165, 1.54) is 18.7 Å². The van der Waals surface area contributed by atoms with Gasteiger partial charge >= 0.3 is 0 Å². The molecule has 0 spiro atoms. The Hall–Kier alpha value is -0.870. The normalized spacial score (nSPS) is 19.6. The minimum Gasteiger partial charge on any atom is -0.350 e. The molecular formula is C15H23ClFN3. The van der Waals surface area contributed by atoms with Crippen LogP contribution in [0.1, 0.15) is 33.1 Å². The third kappa shape index (κ3) is 4.06. The molecule has 3 nitrogen and oxygen atoms in total. The topological polar surface area (TPSA) is 28.2 Å². The summed E-state index contributed by atoms with van der Waals surface area (Å²) in [5.74, 6) is 0.733. The van der Waals surface area contributed by atoms with Crippen molar-refractivity contribution in [2.75, 3.05) is 24.5 Å². The second-order valence-corrected chi connectivity index (χ2v) is 6.29. The first-order valence-corrected chi connectivity index (χ1v) is 7.74. The molecule has 1 aromatic rings. The molecule has 0 radical (unpaired) electrons. The van der Waals surface area contributed by atoms with E-state index in [9.17, 15) is 4.39 Å². The third-order valence-electron chi connectivity index (χ3n) is 3.62. The van der Waals surface area contributed by atoms with E-state index >= 15 is 0 Å². The molecule has 1 N–H and O–H groups in total. The molecular weight excluding hydrogens is 277 g/mol. The highest BCUT2D eigenvalue weighted by Crippen LogP contribution is 2.26. The van der Waals surface area contributed by atoms with Gasteiger partial charge in [-0.2, -0.15) is 0 Å². The molecule has 5 heteroatoms.